The van der Waals surface area contributed by atoms with Crippen molar-refractivity contribution in [2.24, 2.45) is 0 Å². The number of nitrogens with one attached hydrogen (secondary N) is 2. The van der Waals surface area contributed by atoms with Crippen LogP contribution in [0.5, 0.6) is 0 Å². The van der Waals surface area contributed by atoms with Crippen LogP contribution in [-0.4, -0.2) is 25.5 Å². The second kappa shape index (κ2) is 8.92. The molecule has 1 aromatic heterocycles. The lowest BCUT2D eigenvalue weighted by molar-refractivity contribution is 0.0526. The maximum absolute atomic E-state index is 14.0. The first-order chi connectivity index (χ1) is 12.8. The third kappa shape index (κ3) is 4.61. The molecule has 6 nitrogen and oxygen atoms in total. The summed E-state index contributed by atoms with van der Waals surface area (Å²) >= 11 is 0.982. The van der Waals surface area contributed by atoms with Gasteiger partial charge < -0.3 is 21.1 Å². The van der Waals surface area contributed by atoms with Crippen molar-refractivity contribution < 1.29 is 23.1 Å². The average Bonchev–Trinajstić information content (AvgIpc) is 2.95. The van der Waals surface area contributed by atoms with Crippen molar-refractivity contribution in [2.45, 2.75) is 26.4 Å². The van der Waals surface area contributed by atoms with Gasteiger partial charge in [-0.05, 0) is 19.9 Å². The maximum Gasteiger partial charge on any atom is 0.341 e. The van der Waals surface area contributed by atoms with Crippen LogP contribution in [0.3, 0.4) is 0 Å². The molecule has 0 saturated carbocycles. The van der Waals surface area contributed by atoms with Gasteiger partial charge in [0.15, 0.2) is 0 Å². The SMILES string of the molecule is CCOC(=O)c1c(N)sc(C(=O)NC)c1CN[C@H](C)c1ccc(F)cc1F. The van der Waals surface area contributed by atoms with Crippen LogP contribution in [0.4, 0.5) is 13.8 Å². The van der Waals surface area contributed by atoms with E-state index in [4.69, 9.17) is 10.5 Å². The second-order valence-corrected chi connectivity index (χ2v) is 6.77. The van der Waals surface area contributed by atoms with Gasteiger partial charge in [-0.25, -0.2) is 13.6 Å². The van der Waals surface area contributed by atoms with Gasteiger partial charge in [-0.15, -0.1) is 11.3 Å². The first kappa shape index (κ1) is 20.8. The zero-order valence-electron chi connectivity index (χ0n) is 15.2. The minimum absolute atomic E-state index is 0.0720. The molecule has 0 aliphatic carbocycles. The summed E-state index contributed by atoms with van der Waals surface area (Å²) in [5, 5.41) is 5.72. The average molecular weight is 397 g/mol. The third-order valence-electron chi connectivity index (χ3n) is 3.96. The van der Waals surface area contributed by atoms with E-state index in [1.807, 2.05) is 0 Å². The van der Waals surface area contributed by atoms with Crippen LogP contribution in [0.25, 0.3) is 0 Å². The number of hydrogen-bond donors (Lipinski definition) is 3. The number of ether oxygens (including phenoxy) is 1. The first-order valence-corrected chi connectivity index (χ1v) is 9.10. The number of esters is 1. The highest BCUT2D eigenvalue weighted by molar-refractivity contribution is 7.18. The molecule has 0 saturated heterocycles. The van der Waals surface area contributed by atoms with Crippen LogP contribution < -0.4 is 16.4 Å². The lowest BCUT2D eigenvalue weighted by Gasteiger charge is -2.16. The molecule has 0 spiro atoms. The molecule has 1 amide bonds. The summed E-state index contributed by atoms with van der Waals surface area (Å²) < 4.78 is 32.1. The number of thiophene rings is 1. The van der Waals surface area contributed by atoms with Crippen LogP contribution in [0, 0.1) is 11.6 Å². The van der Waals surface area contributed by atoms with Crippen LogP contribution in [0.2, 0.25) is 0 Å². The summed E-state index contributed by atoms with van der Waals surface area (Å²) in [5.74, 6) is -2.36. The molecule has 0 unspecified atom stereocenters. The first-order valence-electron chi connectivity index (χ1n) is 8.28. The lowest BCUT2D eigenvalue weighted by atomic mass is 10.1. The molecule has 0 radical (unpaired) electrons. The van der Waals surface area contributed by atoms with Gasteiger partial charge in [0.05, 0.1) is 17.0 Å². The van der Waals surface area contributed by atoms with Gasteiger partial charge in [-0.2, -0.15) is 0 Å². The number of halogens is 2. The van der Waals surface area contributed by atoms with E-state index >= 15 is 0 Å². The Morgan fingerprint density at radius 2 is 2.04 bits per heavy atom. The van der Waals surface area contributed by atoms with Crippen molar-refractivity contribution in [2.75, 3.05) is 19.4 Å². The van der Waals surface area contributed by atoms with Crippen molar-refractivity contribution in [1.29, 1.82) is 0 Å². The largest absolute Gasteiger partial charge is 0.462 e. The Balaban J connectivity index is 2.32. The maximum atomic E-state index is 14.0. The molecule has 1 atom stereocenters. The number of carbonyl (C=O) groups excluding carboxylic acids is 2. The summed E-state index contributed by atoms with van der Waals surface area (Å²) in [4.78, 5) is 24.7. The quantitative estimate of drug-likeness (QED) is 0.625. The molecule has 4 N–H and O–H groups in total. The van der Waals surface area contributed by atoms with E-state index in [1.165, 1.54) is 19.2 Å². The molecule has 0 aliphatic heterocycles. The van der Waals surface area contributed by atoms with Crippen LogP contribution in [-0.2, 0) is 11.3 Å². The molecule has 146 valence electrons. The number of anilines is 1. The Kier molecular flexibility index (Phi) is 6.86. The number of amides is 1. The van der Waals surface area contributed by atoms with Gasteiger partial charge in [0, 0.05) is 36.8 Å². The third-order valence-corrected chi connectivity index (χ3v) is 5.02. The van der Waals surface area contributed by atoms with Crippen LogP contribution in [0.15, 0.2) is 18.2 Å². The molecule has 2 rings (SSSR count). The van der Waals surface area contributed by atoms with Crippen LogP contribution in [0.1, 0.15) is 51.0 Å². The highest BCUT2D eigenvalue weighted by atomic mass is 32.1. The topological polar surface area (TPSA) is 93.5 Å². The number of rotatable bonds is 7. The number of carbonyl (C=O) groups is 2. The molecule has 0 aliphatic rings. The molecular weight excluding hydrogens is 376 g/mol. The monoisotopic (exact) mass is 397 g/mol. The summed E-state index contributed by atoms with van der Waals surface area (Å²) in [7, 11) is 1.47. The zero-order valence-corrected chi connectivity index (χ0v) is 16.0. The molecule has 0 bridgehead atoms. The van der Waals surface area contributed by atoms with Gasteiger partial charge in [0.2, 0.25) is 0 Å². The number of nitrogens with two attached hydrogens (primary N) is 1. The van der Waals surface area contributed by atoms with E-state index in [-0.39, 0.29) is 40.1 Å². The smallest absolute Gasteiger partial charge is 0.341 e. The number of benzene rings is 1. The van der Waals surface area contributed by atoms with Gasteiger partial charge in [-0.1, -0.05) is 6.07 Å². The minimum atomic E-state index is -0.683. The Labute approximate surface area is 159 Å². The molecule has 1 heterocycles. The van der Waals surface area contributed by atoms with Crippen molar-refractivity contribution >= 4 is 28.2 Å². The molecule has 27 heavy (non-hydrogen) atoms. The lowest BCUT2D eigenvalue weighted by Crippen LogP contribution is -2.24. The van der Waals surface area contributed by atoms with E-state index < -0.39 is 23.6 Å². The second-order valence-electron chi connectivity index (χ2n) is 5.72. The predicted molar refractivity (Wildman–Crippen MR) is 99.7 cm³/mol. The predicted octanol–water partition coefficient (Wildman–Crippen LogP) is 3.00. The van der Waals surface area contributed by atoms with E-state index in [2.05, 4.69) is 10.6 Å². The van der Waals surface area contributed by atoms with Crippen molar-refractivity contribution in [3.63, 3.8) is 0 Å². The molecular formula is C18H21F2N3O3S. The van der Waals surface area contributed by atoms with E-state index in [1.54, 1.807) is 13.8 Å². The number of hydrogen-bond acceptors (Lipinski definition) is 6. The Hall–Kier alpha value is -2.52. The summed E-state index contributed by atoms with van der Waals surface area (Å²) in [6, 6.07) is 2.81. The minimum Gasteiger partial charge on any atom is -0.462 e. The van der Waals surface area contributed by atoms with Gasteiger partial charge in [0.25, 0.3) is 5.91 Å². The fourth-order valence-corrected chi connectivity index (χ4v) is 3.62. The standard InChI is InChI=1S/C18H21F2N3O3S/c1-4-26-18(25)14-12(15(17(24)22-3)27-16(14)21)8-23-9(2)11-6-5-10(19)7-13(11)20/h5-7,9,23H,4,8,21H2,1-3H3,(H,22,24)/t9-/m1/s1. The highest BCUT2D eigenvalue weighted by Gasteiger charge is 2.26. The van der Waals surface area contributed by atoms with E-state index in [0.29, 0.717) is 5.56 Å². The Bertz CT molecular complexity index is 855. The summed E-state index contributed by atoms with van der Waals surface area (Å²) in [5.41, 5.74) is 6.70. The fraction of sp³-hybridized carbons (Fsp3) is 0.333. The van der Waals surface area contributed by atoms with Crippen molar-refractivity contribution in [3.8, 4) is 0 Å². The summed E-state index contributed by atoms with van der Waals surface area (Å²) in [6.45, 7) is 3.59. The molecule has 1 aromatic carbocycles. The normalized spacial score (nSPS) is 11.9. The Morgan fingerprint density at radius 3 is 2.63 bits per heavy atom. The van der Waals surface area contributed by atoms with Crippen molar-refractivity contribution in [1.82, 2.24) is 10.6 Å². The molecule has 0 fully saturated rings. The van der Waals surface area contributed by atoms with E-state index in [0.717, 1.165) is 17.4 Å². The summed E-state index contributed by atoms with van der Waals surface area (Å²) in [6.07, 6.45) is 0. The number of nitrogen functional groups attached to an aromatic ring is 1. The molecule has 9 heteroatoms. The fourth-order valence-electron chi connectivity index (χ4n) is 2.60. The molecule has 2 aromatic rings. The van der Waals surface area contributed by atoms with Gasteiger partial charge in [0.1, 0.15) is 16.6 Å². The highest BCUT2D eigenvalue weighted by Crippen LogP contribution is 2.32. The zero-order chi connectivity index (χ0) is 20.1. The van der Waals surface area contributed by atoms with Crippen molar-refractivity contribution in [3.05, 3.63) is 51.4 Å². The van der Waals surface area contributed by atoms with E-state index in [9.17, 15) is 18.4 Å². The van der Waals surface area contributed by atoms with Gasteiger partial charge >= 0.3 is 5.97 Å². The van der Waals surface area contributed by atoms with Crippen LogP contribution >= 0.6 is 11.3 Å². The van der Waals surface area contributed by atoms with Gasteiger partial charge in [-0.3, -0.25) is 4.79 Å². The Morgan fingerprint density at radius 1 is 1.33 bits per heavy atom.